The summed E-state index contributed by atoms with van der Waals surface area (Å²) < 4.78 is 10.8. The van der Waals surface area contributed by atoms with Crippen LogP contribution in [-0.2, 0) is 11.3 Å². The summed E-state index contributed by atoms with van der Waals surface area (Å²) in [5.41, 5.74) is 3.81. The Morgan fingerprint density at radius 1 is 1.00 bits per heavy atom. The second-order valence-electron chi connectivity index (χ2n) is 7.74. The second-order valence-corrected chi connectivity index (χ2v) is 8.70. The van der Waals surface area contributed by atoms with Crippen LogP contribution < -0.4 is 9.47 Å². The number of piperazine rings is 1. The molecule has 1 fully saturated rings. The maximum Gasteiger partial charge on any atom is 0.233 e. The van der Waals surface area contributed by atoms with Crippen LogP contribution in [0.4, 0.5) is 0 Å². The average Bonchev–Trinajstić information content (AvgIpc) is 3.26. The fourth-order valence-electron chi connectivity index (χ4n) is 3.88. The Morgan fingerprint density at radius 3 is 2.55 bits per heavy atom. The third kappa shape index (κ3) is 4.45. The molecule has 160 valence electrons. The lowest BCUT2D eigenvalue weighted by Crippen LogP contribution is -2.48. The predicted octanol–water partition coefficient (Wildman–Crippen LogP) is 3.10. The maximum atomic E-state index is 12.7. The van der Waals surface area contributed by atoms with E-state index in [0.29, 0.717) is 12.5 Å². The van der Waals surface area contributed by atoms with Crippen molar-refractivity contribution in [2.45, 2.75) is 18.5 Å². The Labute approximate surface area is 185 Å². The Balaban J connectivity index is 1.13. The molecule has 1 amide bonds. The van der Waals surface area contributed by atoms with E-state index >= 15 is 0 Å². The first kappa shape index (κ1) is 20.1. The molecule has 1 aromatic heterocycles. The molecule has 0 bridgehead atoms. The Bertz CT molecular complexity index is 1120. The zero-order chi connectivity index (χ0) is 21.2. The quantitative estimate of drug-likeness (QED) is 0.569. The molecule has 31 heavy (non-hydrogen) atoms. The fraction of sp³-hybridized carbons (Fsp3) is 0.348. The standard InChI is InChI=1S/C23H24N4O3S/c1-16-23(25-19-5-3-2-4-18(19)24-16)31-14-22(28)27-10-8-26(9-11-27)13-17-6-7-20-21(12-17)30-15-29-20/h2-7,12H,8-11,13-15H2,1H3. The molecule has 0 unspecified atom stereocenters. The number of rotatable bonds is 5. The van der Waals surface area contributed by atoms with Crippen LogP contribution in [0.1, 0.15) is 11.3 Å². The van der Waals surface area contributed by atoms with Crippen LogP contribution in [0.25, 0.3) is 11.0 Å². The highest BCUT2D eigenvalue weighted by molar-refractivity contribution is 7.99. The van der Waals surface area contributed by atoms with Crippen molar-refractivity contribution in [2.75, 3.05) is 38.7 Å². The molecule has 1 saturated heterocycles. The summed E-state index contributed by atoms with van der Waals surface area (Å²) in [6.45, 7) is 6.29. The van der Waals surface area contributed by atoms with Gasteiger partial charge in [-0.05, 0) is 36.8 Å². The molecule has 3 heterocycles. The molecule has 0 N–H and O–H groups in total. The zero-order valence-electron chi connectivity index (χ0n) is 17.4. The molecule has 0 saturated carbocycles. The van der Waals surface area contributed by atoms with E-state index in [0.717, 1.165) is 66.0 Å². The van der Waals surface area contributed by atoms with E-state index in [1.165, 1.54) is 17.3 Å². The van der Waals surface area contributed by atoms with Crippen LogP contribution in [0.15, 0.2) is 47.5 Å². The maximum absolute atomic E-state index is 12.7. The molecule has 0 aliphatic carbocycles. The summed E-state index contributed by atoms with van der Waals surface area (Å²) in [6, 6.07) is 13.9. The van der Waals surface area contributed by atoms with Gasteiger partial charge in [0, 0.05) is 32.7 Å². The van der Waals surface area contributed by atoms with Crippen molar-refractivity contribution in [3.05, 3.63) is 53.7 Å². The first-order chi connectivity index (χ1) is 15.2. The van der Waals surface area contributed by atoms with Gasteiger partial charge in [0.1, 0.15) is 5.03 Å². The molecule has 2 aliphatic rings. The largest absolute Gasteiger partial charge is 0.454 e. The lowest BCUT2D eigenvalue weighted by atomic mass is 10.1. The van der Waals surface area contributed by atoms with E-state index in [-0.39, 0.29) is 5.91 Å². The van der Waals surface area contributed by atoms with Gasteiger partial charge in [0.25, 0.3) is 0 Å². The Hall–Kier alpha value is -2.84. The van der Waals surface area contributed by atoms with Gasteiger partial charge >= 0.3 is 0 Å². The van der Waals surface area contributed by atoms with Crippen LogP contribution in [0.3, 0.4) is 0 Å². The van der Waals surface area contributed by atoms with Gasteiger partial charge < -0.3 is 14.4 Å². The van der Waals surface area contributed by atoms with E-state index < -0.39 is 0 Å². The molecule has 7 nitrogen and oxygen atoms in total. The topological polar surface area (TPSA) is 67.8 Å². The highest BCUT2D eigenvalue weighted by Gasteiger charge is 2.22. The van der Waals surface area contributed by atoms with Gasteiger partial charge in [-0.2, -0.15) is 0 Å². The number of thioether (sulfide) groups is 1. The summed E-state index contributed by atoms with van der Waals surface area (Å²) in [6.07, 6.45) is 0. The third-order valence-electron chi connectivity index (χ3n) is 5.60. The number of nitrogens with zero attached hydrogens (tertiary/aromatic N) is 4. The minimum Gasteiger partial charge on any atom is -0.454 e. The van der Waals surface area contributed by atoms with E-state index in [1.54, 1.807) is 0 Å². The predicted molar refractivity (Wildman–Crippen MR) is 119 cm³/mol. The number of amides is 1. The summed E-state index contributed by atoms with van der Waals surface area (Å²) in [4.78, 5) is 26.4. The number of carbonyl (C=O) groups excluding carboxylic acids is 1. The average molecular weight is 437 g/mol. The van der Waals surface area contributed by atoms with Crippen molar-refractivity contribution >= 4 is 28.7 Å². The van der Waals surface area contributed by atoms with Crippen LogP contribution in [0, 0.1) is 6.92 Å². The van der Waals surface area contributed by atoms with Gasteiger partial charge in [-0.1, -0.05) is 30.0 Å². The minimum atomic E-state index is 0.155. The summed E-state index contributed by atoms with van der Waals surface area (Å²) >= 11 is 1.47. The van der Waals surface area contributed by atoms with Crippen LogP contribution in [0.2, 0.25) is 0 Å². The molecule has 3 aromatic rings. The normalized spacial score (nSPS) is 16.1. The second kappa shape index (κ2) is 8.72. The first-order valence-electron chi connectivity index (χ1n) is 10.4. The summed E-state index contributed by atoms with van der Waals surface area (Å²) in [7, 11) is 0. The van der Waals surface area contributed by atoms with E-state index in [2.05, 4.69) is 20.9 Å². The molecule has 8 heteroatoms. The van der Waals surface area contributed by atoms with Crippen molar-refractivity contribution in [2.24, 2.45) is 0 Å². The third-order valence-corrected chi connectivity index (χ3v) is 6.65. The van der Waals surface area contributed by atoms with Gasteiger partial charge in [-0.15, -0.1) is 0 Å². The summed E-state index contributed by atoms with van der Waals surface area (Å²) in [5, 5.41) is 0.827. The first-order valence-corrected chi connectivity index (χ1v) is 11.4. The molecule has 0 radical (unpaired) electrons. The van der Waals surface area contributed by atoms with E-state index in [4.69, 9.17) is 9.47 Å². The van der Waals surface area contributed by atoms with E-state index in [1.807, 2.05) is 48.2 Å². The highest BCUT2D eigenvalue weighted by atomic mass is 32.2. The lowest BCUT2D eigenvalue weighted by Gasteiger charge is -2.34. The molecular formula is C23H24N4O3S. The number of para-hydroxylation sites is 2. The van der Waals surface area contributed by atoms with Gasteiger partial charge in [0.2, 0.25) is 12.7 Å². The number of ether oxygens (including phenoxy) is 2. The van der Waals surface area contributed by atoms with E-state index in [9.17, 15) is 4.79 Å². The molecule has 2 aliphatic heterocycles. The van der Waals surface area contributed by atoms with Gasteiger partial charge in [-0.3, -0.25) is 9.69 Å². The molecule has 5 rings (SSSR count). The number of hydrogen-bond donors (Lipinski definition) is 0. The smallest absolute Gasteiger partial charge is 0.233 e. The number of aryl methyl sites for hydroxylation is 1. The molecule has 0 atom stereocenters. The number of hydrogen-bond acceptors (Lipinski definition) is 7. The van der Waals surface area contributed by atoms with Crippen LogP contribution >= 0.6 is 11.8 Å². The van der Waals surface area contributed by atoms with Gasteiger partial charge in [-0.25, -0.2) is 9.97 Å². The molecule has 0 spiro atoms. The molecule has 2 aromatic carbocycles. The lowest BCUT2D eigenvalue weighted by molar-refractivity contribution is -0.130. The highest BCUT2D eigenvalue weighted by Crippen LogP contribution is 2.33. The van der Waals surface area contributed by atoms with Gasteiger partial charge in [0.05, 0.1) is 22.5 Å². The van der Waals surface area contributed by atoms with Crippen LogP contribution in [-0.4, -0.2) is 64.4 Å². The number of carbonyl (C=O) groups is 1. The van der Waals surface area contributed by atoms with Crippen molar-refractivity contribution < 1.29 is 14.3 Å². The van der Waals surface area contributed by atoms with Gasteiger partial charge in [0.15, 0.2) is 11.5 Å². The number of aromatic nitrogens is 2. The molecular weight excluding hydrogens is 412 g/mol. The number of benzene rings is 2. The van der Waals surface area contributed by atoms with Crippen molar-refractivity contribution in [3.63, 3.8) is 0 Å². The fourth-order valence-corrected chi connectivity index (χ4v) is 4.74. The monoisotopic (exact) mass is 436 g/mol. The van der Waals surface area contributed by atoms with Crippen molar-refractivity contribution in [3.8, 4) is 11.5 Å². The van der Waals surface area contributed by atoms with Crippen molar-refractivity contribution in [1.29, 1.82) is 0 Å². The SMILES string of the molecule is Cc1nc2ccccc2nc1SCC(=O)N1CCN(Cc2ccc3c(c2)OCO3)CC1. The number of fused-ring (bicyclic) bond motifs is 2. The van der Waals surface area contributed by atoms with Crippen LogP contribution in [0.5, 0.6) is 11.5 Å². The Morgan fingerprint density at radius 2 is 1.74 bits per heavy atom. The Kier molecular flexibility index (Phi) is 5.65. The minimum absolute atomic E-state index is 0.155. The zero-order valence-corrected chi connectivity index (χ0v) is 18.2. The van der Waals surface area contributed by atoms with Crippen molar-refractivity contribution in [1.82, 2.24) is 19.8 Å². The summed E-state index contributed by atoms with van der Waals surface area (Å²) in [5.74, 6) is 2.16.